The number of alkyl halides is 1. The van der Waals surface area contributed by atoms with Gasteiger partial charge < -0.3 is 9.67 Å². The summed E-state index contributed by atoms with van der Waals surface area (Å²) in [5, 5.41) is 8.54. The number of carboxylic acid groups (broad SMARTS) is 1. The molecule has 0 saturated carbocycles. The molecule has 0 unspecified atom stereocenters. The first-order valence-electron chi connectivity index (χ1n) is 3.69. The second kappa shape index (κ2) is 3.90. The maximum atomic E-state index is 11.7. The number of nitrogens with zero attached hydrogens (tertiary/aromatic N) is 1. The first-order valence-corrected chi connectivity index (χ1v) is 3.69. The number of aryl methyl sites for hydroxylation is 1. The van der Waals surface area contributed by atoms with Gasteiger partial charge in [-0.1, -0.05) is 0 Å². The van der Waals surface area contributed by atoms with Crippen molar-refractivity contribution in [3.05, 3.63) is 24.0 Å². The number of hydrogen-bond donors (Lipinski definition) is 1. The lowest BCUT2D eigenvalue weighted by molar-refractivity contribution is 0.0697. The van der Waals surface area contributed by atoms with Crippen LogP contribution in [0.15, 0.2) is 18.5 Å². The van der Waals surface area contributed by atoms with E-state index in [1.165, 1.54) is 12.3 Å². The molecule has 1 N–H and O–H groups in total. The number of hydrogen-bond acceptors (Lipinski definition) is 1. The minimum atomic E-state index is -0.950. The van der Waals surface area contributed by atoms with Crippen LogP contribution in [0.25, 0.3) is 0 Å². The van der Waals surface area contributed by atoms with Crippen LogP contribution >= 0.6 is 0 Å². The van der Waals surface area contributed by atoms with Crippen LogP contribution in [-0.2, 0) is 6.54 Å². The third-order valence-corrected chi connectivity index (χ3v) is 1.55. The van der Waals surface area contributed by atoms with E-state index >= 15 is 0 Å². The summed E-state index contributed by atoms with van der Waals surface area (Å²) in [5.74, 6) is -0.950. The first kappa shape index (κ1) is 8.77. The van der Waals surface area contributed by atoms with E-state index in [-0.39, 0.29) is 12.2 Å². The molecule has 0 aliphatic carbocycles. The summed E-state index contributed by atoms with van der Waals surface area (Å²) in [7, 11) is 0. The summed E-state index contributed by atoms with van der Waals surface area (Å²) >= 11 is 0. The minimum Gasteiger partial charge on any atom is -0.478 e. The van der Waals surface area contributed by atoms with Crippen molar-refractivity contribution >= 4 is 5.97 Å². The molecule has 1 aromatic heterocycles. The SMILES string of the molecule is O=C(O)c1ccn(CCCF)c1. The van der Waals surface area contributed by atoms with E-state index in [0.29, 0.717) is 13.0 Å². The summed E-state index contributed by atoms with van der Waals surface area (Å²) < 4.78 is 13.4. The molecule has 0 bridgehead atoms. The van der Waals surface area contributed by atoms with Gasteiger partial charge in [-0.2, -0.15) is 0 Å². The van der Waals surface area contributed by atoms with E-state index in [0.717, 1.165) is 0 Å². The smallest absolute Gasteiger partial charge is 0.337 e. The number of halogens is 1. The maximum absolute atomic E-state index is 11.7. The van der Waals surface area contributed by atoms with Crippen molar-refractivity contribution in [3.8, 4) is 0 Å². The van der Waals surface area contributed by atoms with Gasteiger partial charge in [0.05, 0.1) is 12.2 Å². The zero-order valence-electron chi connectivity index (χ0n) is 6.53. The molecule has 3 nitrogen and oxygen atoms in total. The Morgan fingerprint density at radius 2 is 2.42 bits per heavy atom. The van der Waals surface area contributed by atoms with Gasteiger partial charge in [-0.15, -0.1) is 0 Å². The molecule has 12 heavy (non-hydrogen) atoms. The second-order valence-corrected chi connectivity index (χ2v) is 2.49. The normalized spacial score (nSPS) is 10.1. The first-order chi connectivity index (χ1) is 5.74. The standard InChI is InChI=1S/C8H10FNO2/c9-3-1-4-10-5-2-7(6-10)8(11)12/h2,5-6H,1,3-4H2,(H,11,12). The highest BCUT2D eigenvalue weighted by Gasteiger charge is 2.03. The van der Waals surface area contributed by atoms with E-state index in [9.17, 15) is 9.18 Å². The highest BCUT2D eigenvalue weighted by molar-refractivity contribution is 5.87. The number of aromatic nitrogens is 1. The van der Waals surface area contributed by atoms with Crippen LogP contribution in [0, 0.1) is 0 Å². The molecule has 0 aliphatic heterocycles. The van der Waals surface area contributed by atoms with Crippen LogP contribution in [0.3, 0.4) is 0 Å². The predicted octanol–water partition coefficient (Wildman–Crippen LogP) is 1.55. The molecular weight excluding hydrogens is 161 g/mol. The Bertz CT molecular complexity index is 270. The Hall–Kier alpha value is -1.32. The van der Waals surface area contributed by atoms with Crippen LogP contribution in [0.2, 0.25) is 0 Å². The van der Waals surface area contributed by atoms with Crippen LogP contribution in [0.1, 0.15) is 16.8 Å². The molecule has 1 aromatic rings. The van der Waals surface area contributed by atoms with Gasteiger partial charge in [0.15, 0.2) is 0 Å². The summed E-state index contributed by atoms with van der Waals surface area (Å²) in [5.41, 5.74) is 0.244. The van der Waals surface area contributed by atoms with Crippen molar-refractivity contribution in [1.29, 1.82) is 0 Å². The summed E-state index contributed by atoms with van der Waals surface area (Å²) in [6.07, 6.45) is 3.56. The van der Waals surface area contributed by atoms with Crippen LogP contribution < -0.4 is 0 Å². The van der Waals surface area contributed by atoms with Gasteiger partial charge in [-0.05, 0) is 12.5 Å². The average Bonchev–Trinajstić information content (AvgIpc) is 2.48. The third kappa shape index (κ3) is 2.08. The molecule has 4 heteroatoms. The van der Waals surface area contributed by atoms with Gasteiger partial charge in [0.2, 0.25) is 0 Å². The summed E-state index contributed by atoms with van der Waals surface area (Å²) in [4.78, 5) is 10.4. The molecule has 0 aliphatic rings. The zero-order valence-corrected chi connectivity index (χ0v) is 6.53. The lowest BCUT2D eigenvalue weighted by Crippen LogP contribution is -1.97. The van der Waals surface area contributed by atoms with Gasteiger partial charge in [-0.25, -0.2) is 4.79 Å². The largest absolute Gasteiger partial charge is 0.478 e. The van der Waals surface area contributed by atoms with Gasteiger partial charge in [0.1, 0.15) is 0 Å². The molecule has 0 saturated heterocycles. The average molecular weight is 171 g/mol. The van der Waals surface area contributed by atoms with Crippen molar-refractivity contribution in [2.75, 3.05) is 6.67 Å². The number of carbonyl (C=O) groups is 1. The van der Waals surface area contributed by atoms with Crippen LogP contribution in [0.5, 0.6) is 0 Å². The predicted molar refractivity (Wildman–Crippen MR) is 42.0 cm³/mol. The highest BCUT2D eigenvalue weighted by atomic mass is 19.1. The summed E-state index contributed by atoms with van der Waals surface area (Å²) in [6, 6.07) is 1.50. The van der Waals surface area contributed by atoms with Crippen LogP contribution in [-0.4, -0.2) is 22.3 Å². The number of rotatable bonds is 4. The molecule has 66 valence electrons. The minimum absolute atomic E-state index is 0.244. The monoisotopic (exact) mass is 171 g/mol. The zero-order chi connectivity index (χ0) is 8.97. The second-order valence-electron chi connectivity index (χ2n) is 2.49. The van der Waals surface area contributed by atoms with E-state index in [1.807, 2.05) is 0 Å². The number of carboxylic acids is 1. The maximum Gasteiger partial charge on any atom is 0.337 e. The molecule has 0 spiro atoms. The topological polar surface area (TPSA) is 42.2 Å². The highest BCUT2D eigenvalue weighted by Crippen LogP contribution is 2.01. The fourth-order valence-corrected chi connectivity index (χ4v) is 0.949. The summed E-state index contributed by atoms with van der Waals surface area (Å²) in [6.45, 7) is 0.157. The molecular formula is C8H10FNO2. The van der Waals surface area contributed by atoms with Crippen molar-refractivity contribution in [2.24, 2.45) is 0 Å². The van der Waals surface area contributed by atoms with E-state index in [1.54, 1.807) is 10.8 Å². The molecule has 0 aromatic carbocycles. The van der Waals surface area contributed by atoms with Gasteiger partial charge in [0.25, 0.3) is 0 Å². The number of aromatic carboxylic acids is 1. The lowest BCUT2D eigenvalue weighted by Gasteiger charge is -1.97. The Morgan fingerprint density at radius 3 is 2.92 bits per heavy atom. The Labute approximate surface area is 69.4 Å². The van der Waals surface area contributed by atoms with Crippen LogP contribution in [0.4, 0.5) is 4.39 Å². The quantitative estimate of drug-likeness (QED) is 0.746. The molecule has 0 atom stereocenters. The molecule has 0 radical (unpaired) electrons. The van der Waals surface area contributed by atoms with Crippen molar-refractivity contribution < 1.29 is 14.3 Å². The molecule has 0 amide bonds. The van der Waals surface area contributed by atoms with E-state index in [4.69, 9.17) is 5.11 Å². The van der Waals surface area contributed by atoms with Crippen molar-refractivity contribution in [1.82, 2.24) is 4.57 Å². The fraction of sp³-hybridized carbons (Fsp3) is 0.375. The van der Waals surface area contributed by atoms with Gasteiger partial charge in [-0.3, -0.25) is 4.39 Å². The Kier molecular flexibility index (Phi) is 2.85. The fourth-order valence-electron chi connectivity index (χ4n) is 0.949. The van der Waals surface area contributed by atoms with Gasteiger partial charge in [0, 0.05) is 18.9 Å². The molecule has 1 heterocycles. The van der Waals surface area contributed by atoms with Crippen molar-refractivity contribution in [3.63, 3.8) is 0 Å². The third-order valence-electron chi connectivity index (χ3n) is 1.55. The molecule has 0 fully saturated rings. The Balaban J connectivity index is 2.58. The van der Waals surface area contributed by atoms with E-state index < -0.39 is 5.97 Å². The van der Waals surface area contributed by atoms with Crippen molar-refractivity contribution in [2.45, 2.75) is 13.0 Å². The van der Waals surface area contributed by atoms with E-state index in [2.05, 4.69) is 0 Å². The Morgan fingerprint density at radius 1 is 1.67 bits per heavy atom. The van der Waals surface area contributed by atoms with Gasteiger partial charge >= 0.3 is 5.97 Å². The lowest BCUT2D eigenvalue weighted by atomic mass is 10.4. The molecule has 1 rings (SSSR count).